The number of nitrogens with one attached hydrogen (secondary N) is 1. The Hall–Kier alpha value is -1.85. The summed E-state index contributed by atoms with van der Waals surface area (Å²) in [5.41, 5.74) is 1.35. The zero-order valence-electron chi connectivity index (χ0n) is 13.2. The van der Waals surface area contributed by atoms with E-state index in [0.29, 0.717) is 16.5 Å². The SMILES string of the molecule is CS(=O)(=O)c1cccc(C(=O)N[C@@H](c2ccc(Cl)cc2)C2CC2)c1. The summed E-state index contributed by atoms with van der Waals surface area (Å²) < 4.78 is 23.3. The number of benzene rings is 2. The van der Waals surface area contributed by atoms with Gasteiger partial charge in [-0.2, -0.15) is 0 Å². The molecule has 0 bridgehead atoms. The highest BCUT2D eigenvalue weighted by molar-refractivity contribution is 7.90. The molecule has 0 aromatic heterocycles. The maximum atomic E-state index is 12.6. The van der Waals surface area contributed by atoms with Crippen molar-refractivity contribution >= 4 is 27.3 Å². The van der Waals surface area contributed by atoms with Gasteiger partial charge in [-0.15, -0.1) is 0 Å². The van der Waals surface area contributed by atoms with E-state index in [-0.39, 0.29) is 16.8 Å². The van der Waals surface area contributed by atoms with Gasteiger partial charge in [0, 0.05) is 16.8 Å². The van der Waals surface area contributed by atoms with Crippen LogP contribution in [0.3, 0.4) is 0 Å². The summed E-state index contributed by atoms with van der Waals surface area (Å²) in [5.74, 6) is 0.139. The van der Waals surface area contributed by atoms with Gasteiger partial charge in [0.15, 0.2) is 9.84 Å². The molecular formula is C18H18ClNO3S. The molecule has 3 rings (SSSR count). The third-order valence-electron chi connectivity index (χ3n) is 4.13. The zero-order valence-corrected chi connectivity index (χ0v) is 14.8. The maximum absolute atomic E-state index is 12.6. The Bertz CT molecular complexity index is 858. The van der Waals surface area contributed by atoms with Gasteiger partial charge in [0.2, 0.25) is 0 Å². The van der Waals surface area contributed by atoms with Gasteiger partial charge >= 0.3 is 0 Å². The van der Waals surface area contributed by atoms with Gasteiger partial charge in [-0.05, 0) is 54.7 Å². The van der Waals surface area contributed by atoms with E-state index < -0.39 is 9.84 Å². The molecule has 6 heteroatoms. The first-order chi connectivity index (χ1) is 11.3. The maximum Gasteiger partial charge on any atom is 0.251 e. The molecule has 0 saturated heterocycles. The van der Waals surface area contributed by atoms with Gasteiger partial charge in [0.25, 0.3) is 5.91 Å². The highest BCUT2D eigenvalue weighted by Gasteiger charge is 2.33. The lowest BCUT2D eigenvalue weighted by Gasteiger charge is -2.19. The molecule has 1 N–H and O–H groups in total. The summed E-state index contributed by atoms with van der Waals surface area (Å²) >= 11 is 5.93. The summed E-state index contributed by atoms with van der Waals surface area (Å²) in [7, 11) is -3.34. The van der Waals surface area contributed by atoms with Gasteiger partial charge in [-0.1, -0.05) is 29.8 Å². The third-order valence-corrected chi connectivity index (χ3v) is 5.50. The van der Waals surface area contributed by atoms with E-state index in [1.165, 1.54) is 12.1 Å². The summed E-state index contributed by atoms with van der Waals surface area (Å²) in [6.45, 7) is 0. The second-order valence-corrected chi connectivity index (χ2v) is 8.59. The molecule has 24 heavy (non-hydrogen) atoms. The quantitative estimate of drug-likeness (QED) is 0.882. The van der Waals surface area contributed by atoms with Crippen LogP contribution in [0.4, 0.5) is 0 Å². The van der Waals surface area contributed by atoms with Crippen LogP contribution in [0.5, 0.6) is 0 Å². The van der Waals surface area contributed by atoms with Crippen molar-refractivity contribution in [2.24, 2.45) is 5.92 Å². The van der Waals surface area contributed by atoms with Gasteiger partial charge < -0.3 is 5.32 Å². The standard InChI is InChI=1S/C18H18ClNO3S/c1-24(22,23)16-4-2-3-14(11-16)18(21)20-17(12-5-6-12)13-7-9-15(19)10-8-13/h2-4,7-12,17H,5-6H2,1H3,(H,20,21)/t17-/m1/s1. The monoisotopic (exact) mass is 363 g/mol. The van der Waals surface area contributed by atoms with Gasteiger partial charge in [-0.25, -0.2) is 8.42 Å². The van der Waals surface area contributed by atoms with E-state index >= 15 is 0 Å². The number of halogens is 1. The Morgan fingerprint density at radius 3 is 2.42 bits per heavy atom. The molecule has 1 fully saturated rings. The zero-order chi connectivity index (χ0) is 17.3. The van der Waals surface area contributed by atoms with Crippen molar-refractivity contribution in [2.45, 2.75) is 23.8 Å². The molecule has 1 aliphatic carbocycles. The summed E-state index contributed by atoms with van der Waals surface area (Å²) in [6.07, 6.45) is 3.26. The number of amides is 1. The average molecular weight is 364 g/mol. The molecule has 0 spiro atoms. The van der Waals surface area contributed by atoms with Crippen LogP contribution < -0.4 is 5.32 Å². The summed E-state index contributed by atoms with van der Waals surface area (Å²) in [6, 6.07) is 13.5. The Labute approximate surface area is 146 Å². The molecule has 126 valence electrons. The number of sulfone groups is 1. The van der Waals surface area contributed by atoms with Gasteiger partial charge in [-0.3, -0.25) is 4.79 Å². The molecule has 0 heterocycles. The van der Waals surface area contributed by atoms with Crippen LogP contribution >= 0.6 is 11.6 Å². The minimum atomic E-state index is -3.34. The van der Waals surface area contributed by atoms with E-state index in [4.69, 9.17) is 11.6 Å². The largest absolute Gasteiger partial charge is 0.345 e. The molecule has 2 aromatic rings. The summed E-state index contributed by atoms with van der Waals surface area (Å²) in [4.78, 5) is 12.7. The van der Waals surface area contributed by atoms with E-state index in [2.05, 4.69) is 5.32 Å². The molecule has 2 aromatic carbocycles. The average Bonchev–Trinajstić information content (AvgIpc) is 3.37. The van der Waals surface area contributed by atoms with Crippen molar-refractivity contribution in [2.75, 3.05) is 6.26 Å². The van der Waals surface area contributed by atoms with E-state index in [9.17, 15) is 13.2 Å². The number of carbonyl (C=O) groups is 1. The lowest BCUT2D eigenvalue weighted by Crippen LogP contribution is -2.30. The lowest BCUT2D eigenvalue weighted by atomic mass is 10.0. The second-order valence-electron chi connectivity index (χ2n) is 6.14. The Morgan fingerprint density at radius 2 is 1.83 bits per heavy atom. The Balaban J connectivity index is 1.83. The number of carbonyl (C=O) groups excluding carboxylic acids is 1. The molecule has 4 nitrogen and oxygen atoms in total. The number of rotatable bonds is 5. The van der Waals surface area contributed by atoms with Crippen LogP contribution in [0, 0.1) is 5.92 Å². The van der Waals surface area contributed by atoms with Crippen LogP contribution in [-0.4, -0.2) is 20.6 Å². The van der Waals surface area contributed by atoms with Crippen LogP contribution in [-0.2, 0) is 9.84 Å². The normalized spacial score (nSPS) is 15.8. The van der Waals surface area contributed by atoms with E-state index in [0.717, 1.165) is 24.7 Å². The fraction of sp³-hybridized carbons (Fsp3) is 0.278. The first-order valence-corrected chi connectivity index (χ1v) is 9.98. The molecule has 0 radical (unpaired) electrons. The van der Waals surface area contributed by atoms with Crippen LogP contribution in [0.2, 0.25) is 5.02 Å². The first kappa shape index (κ1) is 17.0. The number of hydrogen-bond donors (Lipinski definition) is 1. The van der Waals surface area contributed by atoms with Gasteiger partial charge in [0.05, 0.1) is 10.9 Å². The van der Waals surface area contributed by atoms with Crippen molar-refractivity contribution in [1.29, 1.82) is 0 Å². The molecule has 0 unspecified atom stereocenters. The van der Waals surface area contributed by atoms with Crippen LogP contribution in [0.15, 0.2) is 53.4 Å². The predicted octanol–water partition coefficient (Wildman–Crippen LogP) is 3.62. The highest BCUT2D eigenvalue weighted by Crippen LogP contribution is 2.41. The predicted molar refractivity (Wildman–Crippen MR) is 93.9 cm³/mol. The molecule has 1 saturated carbocycles. The van der Waals surface area contributed by atoms with Crippen molar-refractivity contribution < 1.29 is 13.2 Å². The highest BCUT2D eigenvalue weighted by atomic mass is 35.5. The fourth-order valence-corrected chi connectivity index (χ4v) is 3.46. The molecule has 1 aliphatic rings. The van der Waals surface area contributed by atoms with Crippen LogP contribution in [0.1, 0.15) is 34.8 Å². The van der Waals surface area contributed by atoms with Crippen molar-refractivity contribution in [3.8, 4) is 0 Å². The molecule has 0 aliphatic heterocycles. The fourth-order valence-electron chi connectivity index (χ4n) is 2.67. The molecule has 1 amide bonds. The minimum Gasteiger partial charge on any atom is -0.345 e. The molecule has 1 atom stereocenters. The first-order valence-electron chi connectivity index (χ1n) is 7.71. The summed E-state index contributed by atoms with van der Waals surface area (Å²) in [5, 5.41) is 3.69. The third kappa shape index (κ3) is 3.97. The Kier molecular flexibility index (Phi) is 4.65. The van der Waals surface area contributed by atoms with Gasteiger partial charge in [0.1, 0.15) is 0 Å². The topological polar surface area (TPSA) is 63.2 Å². The molecular weight excluding hydrogens is 346 g/mol. The van der Waals surface area contributed by atoms with Crippen LogP contribution in [0.25, 0.3) is 0 Å². The van der Waals surface area contributed by atoms with Crippen molar-refractivity contribution in [1.82, 2.24) is 5.32 Å². The second kappa shape index (κ2) is 6.57. The van der Waals surface area contributed by atoms with E-state index in [1.807, 2.05) is 24.3 Å². The number of hydrogen-bond acceptors (Lipinski definition) is 3. The van der Waals surface area contributed by atoms with E-state index in [1.54, 1.807) is 12.1 Å². The smallest absolute Gasteiger partial charge is 0.251 e. The van der Waals surface area contributed by atoms with Crippen molar-refractivity contribution in [3.63, 3.8) is 0 Å². The Morgan fingerprint density at radius 1 is 1.17 bits per heavy atom. The lowest BCUT2D eigenvalue weighted by molar-refractivity contribution is 0.0931. The van der Waals surface area contributed by atoms with Crippen molar-refractivity contribution in [3.05, 3.63) is 64.7 Å². The minimum absolute atomic E-state index is 0.0864.